The van der Waals surface area contributed by atoms with Gasteiger partial charge in [0.15, 0.2) is 0 Å². The molecular formula is C32H65N3O4. The summed E-state index contributed by atoms with van der Waals surface area (Å²) in [5.74, 6) is 1.36. The molecule has 7 nitrogen and oxygen atoms in total. The predicted octanol–water partition coefficient (Wildman–Crippen LogP) is 6.40. The first-order chi connectivity index (χ1) is 18.9. The first kappa shape index (κ1) is 37.8. The zero-order chi connectivity index (χ0) is 28.8. The number of ether oxygens (including phenoxy) is 2. The Morgan fingerprint density at radius 2 is 0.795 bits per heavy atom. The van der Waals surface area contributed by atoms with Crippen molar-refractivity contribution in [3.05, 3.63) is 0 Å². The van der Waals surface area contributed by atoms with Gasteiger partial charge in [0.1, 0.15) is 0 Å². The molecule has 0 saturated carbocycles. The second kappa shape index (κ2) is 29.8. The minimum atomic E-state index is -0.0791. The summed E-state index contributed by atoms with van der Waals surface area (Å²) in [5, 5.41) is 10.2. The van der Waals surface area contributed by atoms with Crippen LogP contribution < -0.4 is 16.0 Å². The molecule has 0 amide bonds. The van der Waals surface area contributed by atoms with Crippen LogP contribution >= 0.6 is 0 Å². The molecule has 0 saturated heterocycles. The van der Waals surface area contributed by atoms with Crippen LogP contribution in [0.3, 0.4) is 0 Å². The highest BCUT2D eigenvalue weighted by Crippen LogP contribution is 2.09. The number of nitrogens with one attached hydrogen (secondary N) is 3. The highest BCUT2D eigenvalue weighted by molar-refractivity contribution is 5.69. The SMILES string of the molecule is CC(C)CCCCCOC(=O)CCNCCCCCNCCCCCNCCC(=O)OCCCCCC(C)C. The minimum absolute atomic E-state index is 0.0791. The number of carbonyl (C=O) groups excluding carboxylic acids is 2. The van der Waals surface area contributed by atoms with Gasteiger partial charge in [-0.05, 0) is 76.5 Å². The summed E-state index contributed by atoms with van der Waals surface area (Å²) in [4.78, 5) is 23.5. The molecule has 0 heterocycles. The van der Waals surface area contributed by atoms with Crippen LogP contribution in [-0.2, 0) is 19.1 Å². The van der Waals surface area contributed by atoms with E-state index in [4.69, 9.17) is 9.47 Å². The fourth-order valence-corrected chi connectivity index (χ4v) is 4.29. The van der Waals surface area contributed by atoms with Gasteiger partial charge in [0.2, 0.25) is 0 Å². The fourth-order valence-electron chi connectivity index (χ4n) is 4.29. The van der Waals surface area contributed by atoms with E-state index in [2.05, 4.69) is 43.6 Å². The molecule has 3 N–H and O–H groups in total. The van der Waals surface area contributed by atoms with Crippen LogP contribution in [-0.4, -0.2) is 64.4 Å². The summed E-state index contributed by atoms with van der Waals surface area (Å²) in [6, 6.07) is 0. The van der Waals surface area contributed by atoms with Gasteiger partial charge in [-0.1, -0.05) is 79.1 Å². The van der Waals surface area contributed by atoms with E-state index < -0.39 is 0 Å². The highest BCUT2D eigenvalue weighted by atomic mass is 16.5. The Balaban J connectivity index is 3.20. The number of esters is 2. The van der Waals surface area contributed by atoms with Gasteiger partial charge in [0.05, 0.1) is 26.1 Å². The predicted molar refractivity (Wildman–Crippen MR) is 164 cm³/mol. The molecule has 0 aliphatic heterocycles. The lowest BCUT2D eigenvalue weighted by molar-refractivity contribution is -0.144. The van der Waals surface area contributed by atoms with Crippen molar-refractivity contribution in [2.45, 2.75) is 130 Å². The van der Waals surface area contributed by atoms with Crippen LogP contribution in [0.25, 0.3) is 0 Å². The van der Waals surface area contributed by atoms with E-state index in [-0.39, 0.29) is 11.9 Å². The first-order valence-electron chi connectivity index (χ1n) is 16.3. The Bertz CT molecular complexity index is 498. The molecule has 0 radical (unpaired) electrons. The van der Waals surface area contributed by atoms with E-state index in [0.29, 0.717) is 39.1 Å². The first-order valence-corrected chi connectivity index (χ1v) is 16.3. The molecule has 0 aliphatic carbocycles. The summed E-state index contributed by atoms with van der Waals surface area (Å²) >= 11 is 0. The van der Waals surface area contributed by atoms with Crippen molar-refractivity contribution in [1.29, 1.82) is 0 Å². The average Bonchev–Trinajstić information content (AvgIpc) is 2.89. The van der Waals surface area contributed by atoms with E-state index >= 15 is 0 Å². The van der Waals surface area contributed by atoms with E-state index in [1.165, 1.54) is 51.4 Å². The van der Waals surface area contributed by atoms with Crippen molar-refractivity contribution in [2.75, 3.05) is 52.5 Å². The molecule has 232 valence electrons. The van der Waals surface area contributed by atoms with Crippen molar-refractivity contribution in [3.63, 3.8) is 0 Å². The monoisotopic (exact) mass is 555 g/mol. The molecule has 0 aromatic heterocycles. The Morgan fingerprint density at radius 1 is 0.462 bits per heavy atom. The van der Waals surface area contributed by atoms with Crippen molar-refractivity contribution >= 4 is 11.9 Å². The fraction of sp³-hybridized carbons (Fsp3) is 0.938. The lowest BCUT2D eigenvalue weighted by atomic mass is 10.1. The Labute approximate surface area is 241 Å². The van der Waals surface area contributed by atoms with Crippen LogP contribution in [0.1, 0.15) is 130 Å². The average molecular weight is 556 g/mol. The molecule has 0 fully saturated rings. The van der Waals surface area contributed by atoms with Gasteiger partial charge in [-0.25, -0.2) is 0 Å². The summed E-state index contributed by atoms with van der Waals surface area (Å²) in [5.41, 5.74) is 0. The molecule has 0 atom stereocenters. The molecule has 0 spiro atoms. The maximum atomic E-state index is 11.7. The number of rotatable bonds is 30. The van der Waals surface area contributed by atoms with Crippen molar-refractivity contribution < 1.29 is 19.1 Å². The van der Waals surface area contributed by atoms with E-state index in [0.717, 1.165) is 76.5 Å². The van der Waals surface area contributed by atoms with Gasteiger partial charge in [0.25, 0.3) is 0 Å². The number of hydrogen-bond donors (Lipinski definition) is 3. The quantitative estimate of drug-likeness (QED) is 0.0698. The summed E-state index contributed by atoms with van der Waals surface area (Å²) < 4.78 is 10.6. The largest absolute Gasteiger partial charge is 0.466 e. The summed E-state index contributed by atoms with van der Waals surface area (Å²) in [7, 11) is 0. The lowest BCUT2D eigenvalue weighted by Crippen LogP contribution is -2.22. The van der Waals surface area contributed by atoms with Crippen molar-refractivity contribution in [1.82, 2.24) is 16.0 Å². The van der Waals surface area contributed by atoms with Crippen LogP contribution in [0.4, 0.5) is 0 Å². The van der Waals surface area contributed by atoms with E-state index in [1.807, 2.05) is 0 Å². The normalized spacial score (nSPS) is 11.4. The van der Waals surface area contributed by atoms with Gasteiger partial charge < -0.3 is 25.4 Å². The second-order valence-corrected chi connectivity index (χ2v) is 11.8. The molecular weight excluding hydrogens is 490 g/mol. The van der Waals surface area contributed by atoms with Crippen molar-refractivity contribution in [2.24, 2.45) is 11.8 Å². The standard InChI is InChI=1S/C32H65N3O4/c1-29(2)17-9-5-15-27-38-31(36)19-25-34-23-13-7-11-21-33-22-12-8-14-24-35-26-20-32(37)39-28-16-6-10-18-30(3)4/h29-30,33-35H,5-28H2,1-4H3. The van der Waals surface area contributed by atoms with E-state index in [1.54, 1.807) is 0 Å². The van der Waals surface area contributed by atoms with Crippen LogP contribution in [0.15, 0.2) is 0 Å². The third kappa shape index (κ3) is 32.9. The van der Waals surface area contributed by atoms with Crippen LogP contribution in [0, 0.1) is 11.8 Å². The molecule has 7 heteroatoms. The molecule has 0 aliphatic rings. The lowest BCUT2D eigenvalue weighted by Gasteiger charge is -2.08. The van der Waals surface area contributed by atoms with Crippen LogP contribution in [0.2, 0.25) is 0 Å². The Kier molecular flexibility index (Phi) is 28.9. The van der Waals surface area contributed by atoms with Crippen molar-refractivity contribution in [3.8, 4) is 0 Å². The molecule has 39 heavy (non-hydrogen) atoms. The molecule has 0 aromatic carbocycles. The third-order valence-electron chi connectivity index (χ3n) is 6.80. The van der Waals surface area contributed by atoms with Gasteiger partial charge in [-0.2, -0.15) is 0 Å². The van der Waals surface area contributed by atoms with Gasteiger partial charge in [0, 0.05) is 13.1 Å². The maximum Gasteiger partial charge on any atom is 0.307 e. The minimum Gasteiger partial charge on any atom is -0.466 e. The Morgan fingerprint density at radius 3 is 1.15 bits per heavy atom. The van der Waals surface area contributed by atoms with Gasteiger partial charge in [-0.15, -0.1) is 0 Å². The molecule has 0 bridgehead atoms. The number of carbonyl (C=O) groups is 2. The zero-order valence-corrected chi connectivity index (χ0v) is 26.3. The summed E-state index contributed by atoms with van der Waals surface area (Å²) in [6.45, 7) is 15.6. The van der Waals surface area contributed by atoms with Crippen LogP contribution in [0.5, 0.6) is 0 Å². The third-order valence-corrected chi connectivity index (χ3v) is 6.80. The molecule has 0 aromatic rings. The van der Waals surface area contributed by atoms with Gasteiger partial charge >= 0.3 is 11.9 Å². The topological polar surface area (TPSA) is 88.7 Å². The second-order valence-electron chi connectivity index (χ2n) is 11.8. The maximum absolute atomic E-state index is 11.7. The summed E-state index contributed by atoms with van der Waals surface area (Å²) in [6.07, 6.45) is 17.2. The highest BCUT2D eigenvalue weighted by Gasteiger charge is 2.04. The number of hydrogen-bond acceptors (Lipinski definition) is 7. The van der Waals surface area contributed by atoms with Gasteiger partial charge in [-0.3, -0.25) is 9.59 Å². The molecule has 0 rings (SSSR count). The Hall–Kier alpha value is -1.18. The van der Waals surface area contributed by atoms with E-state index in [9.17, 15) is 9.59 Å². The zero-order valence-electron chi connectivity index (χ0n) is 26.3. The molecule has 0 unspecified atom stereocenters. The number of unbranched alkanes of at least 4 members (excludes halogenated alkanes) is 8. The smallest absolute Gasteiger partial charge is 0.307 e.